The molecular weight excluding hydrogens is 240 g/mol. The van der Waals surface area contributed by atoms with Crippen molar-refractivity contribution in [1.82, 2.24) is 0 Å². The molecule has 0 amide bonds. The van der Waals surface area contributed by atoms with E-state index in [-0.39, 0.29) is 11.6 Å². The largest absolute Gasteiger partial charge is 0.381 e. The fourth-order valence-electron chi connectivity index (χ4n) is 1.87. The molecule has 0 spiro atoms. The summed E-state index contributed by atoms with van der Waals surface area (Å²) in [6, 6.07) is 0. The molecule has 0 fully saturated rings. The van der Waals surface area contributed by atoms with Gasteiger partial charge in [0.25, 0.3) is 0 Å². The lowest BCUT2D eigenvalue weighted by atomic mass is 10.1. The Hall–Kier alpha value is -0.700. The number of ketones is 2. The predicted octanol–water partition coefficient (Wildman–Crippen LogP) is 4.08. The van der Waals surface area contributed by atoms with Crippen LogP contribution in [0.3, 0.4) is 0 Å². The maximum absolute atomic E-state index is 11.4. The maximum atomic E-state index is 11.4. The second kappa shape index (κ2) is 13.7. The average molecular weight is 270 g/mol. The van der Waals surface area contributed by atoms with E-state index < -0.39 is 0 Å². The molecule has 0 unspecified atom stereocenters. The van der Waals surface area contributed by atoms with Gasteiger partial charge in [-0.05, 0) is 12.8 Å². The molecule has 19 heavy (non-hydrogen) atoms. The molecule has 0 aliphatic carbocycles. The molecule has 112 valence electrons. The van der Waals surface area contributed by atoms with Gasteiger partial charge in [0.05, 0.1) is 13.2 Å². The quantitative estimate of drug-likeness (QED) is 0.447. The van der Waals surface area contributed by atoms with Crippen molar-refractivity contribution in [2.75, 3.05) is 13.2 Å². The Morgan fingerprint density at radius 2 is 1.11 bits per heavy atom. The Morgan fingerprint density at radius 3 is 1.47 bits per heavy atom. The highest BCUT2D eigenvalue weighted by molar-refractivity contribution is 5.78. The van der Waals surface area contributed by atoms with Crippen molar-refractivity contribution in [3.63, 3.8) is 0 Å². The van der Waals surface area contributed by atoms with Gasteiger partial charge in [0, 0.05) is 25.7 Å². The minimum atomic E-state index is 0.280. The van der Waals surface area contributed by atoms with Crippen LogP contribution in [0.25, 0.3) is 0 Å². The van der Waals surface area contributed by atoms with Crippen molar-refractivity contribution in [2.24, 2.45) is 0 Å². The van der Waals surface area contributed by atoms with Crippen molar-refractivity contribution in [3.05, 3.63) is 0 Å². The average Bonchev–Trinajstić information content (AvgIpc) is 2.39. The van der Waals surface area contributed by atoms with Gasteiger partial charge < -0.3 is 4.74 Å². The van der Waals surface area contributed by atoms with E-state index in [1.807, 2.05) is 0 Å². The van der Waals surface area contributed by atoms with Gasteiger partial charge in [-0.3, -0.25) is 9.59 Å². The number of hydrogen-bond acceptors (Lipinski definition) is 3. The van der Waals surface area contributed by atoms with Crippen LogP contribution in [0.4, 0.5) is 0 Å². The second-order valence-corrected chi connectivity index (χ2v) is 5.10. The fraction of sp³-hybridized carbons (Fsp3) is 0.875. The molecule has 3 nitrogen and oxygen atoms in total. The Bertz CT molecular complexity index is 212. The minimum Gasteiger partial charge on any atom is -0.381 e. The third kappa shape index (κ3) is 13.5. The molecule has 0 saturated heterocycles. The van der Waals surface area contributed by atoms with E-state index in [0.29, 0.717) is 38.9 Å². The molecule has 3 heteroatoms. The van der Waals surface area contributed by atoms with E-state index in [9.17, 15) is 9.59 Å². The van der Waals surface area contributed by atoms with Crippen LogP contribution in [0.5, 0.6) is 0 Å². The first-order valence-corrected chi connectivity index (χ1v) is 7.81. The number of hydrogen-bond donors (Lipinski definition) is 0. The van der Waals surface area contributed by atoms with E-state index in [1.165, 1.54) is 0 Å². The van der Waals surface area contributed by atoms with E-state index >= 15 is 0 Å². The van der Waals surface area contributed by atoms with Crippen LogP contribution in [0.15, 0.2) is 0 Å². The monoisotopic (exact) mass is 270 g/mol. The van der Waals surface area contributed by atoms with Crippen molar-refractivity contribution >= 4 is 11.6 Å². The van der Waals surface area contributed by atoms with Gasteiger partial charge in [-0.2, -0.15) is 0 Å². The van der Waals surface area contributed by atoms with E-state index in [2.05, 4.69) is 13.8 Å². The second-order valence-electron chi connectivity index (χ2n) is 5.10. The van der Waals surface area contributed by atoms with Crippen LogP contribution < -0.4 is 0 Å². The summed E-state index contributed by atoms with van der Waals surface area (Å²) in [7, 11) is 0. The van der Waals surface area contributed by atoms with Gasteiger partial charge in [-0.25, -0.2) is 0 Å². The number of carbonyl (C=O) groups is 2. The molecule has 0 aromatic carbocycles. The molecule has 0 aliphatic rings. The van der Waals surface area contributed by atoms with Crippen LogP contribution in [0.1, 0.15) is 78.1 Å². The third-order valence-corrected chi connectivity index (χ3v) is 3.17. The number of ether oxygens (including phenoxy) is 1. The summed E-state index contributed by atoms with van der Waals surface area (Å²) in [5.74, 6) is 0.561. The van der Waals surface area contributed by atoms with Crippen LogP contribution in [0, 0.1) is 0 Å². The first kappa shape index (κ1) is 18.3. The van der Waals surface area contributed by atoms with Crippen LogP contribution in [-0.4, -0.2) is 24.8 Å². The lowest BCUT2D eigenvalue weighted by Gasteiger charge is -2.04. The summed E-state index contributed by atoms with van der Waals surface area (Å²) in [4.78, 5) is 22.9. The van der Waals surface area contributed by atoms with Crippen molar-refractivity contribution < 1.29 is 14.3 Å². The van der Waals surface area contributed by atoms with E-state index in [4.69, 9.17) is 4.74 Å². The fourth-order valence-corrected chi connectivity index (χ4v) is 1.87. The summed E-state index contributed by atoms with van der Waals surface area (Å²) in [5, 5.41) is 0. The Balaban J connectivity index is 3.29. The normalized spacial score (nSPS) is 10.6. The maximum Gasteiger partial charge on any atom is 0.135 e. The summed E-state index contributed by atoms with van der Waals surface area (Å²) in [5.41, 5.74) is 0. The van der Waals surface area contributed by atoms with Gasteiger partial charge >= 0.3 is 0 Å². The molecule has 0 atom stereocenters. The number of carbonyl (C=O) groups excluding carboxylic acids is 2. The zero-order valence-corrected chi connectivity index (χ0v) is 12.7. The summed E-state index contributed by atoms with van der Waals surface area (Å²) in [6.07, 6.45) is 8.85. The molecule has 0 N–H and O–H groups in total. The number of unbranched alkanes of at least 4 members (excludes halogenated alkanes) is 4. The molecule has 0 aromatic heterocycles. The lowest BCUT2D eigenvalue weighted by molar-refractivity contribution is -0.120. The van der Waals surface area contributed by atoms with Crippen molar-refractivity contribution in [2.45, 2.75) is 78.1 Å². The highest BCUT2D eigenvalue weighted by Crippen LogP contribution is 2.03. The lowest BCUT2D eigenvalue weighted by Crippen LogP contribution is -2.08. The van der Waals surface area contributed by atoms with E-state index in [0.717, 1.165) is 38.5 Å². The molecule has 0 heterocycles. The number of Topliss-reactive ketones (excluding diaryl/α,β-unsaturated/α-hetero) is 2. The van der Waals surface area contributed by atoms with E-state index in [1.54, 1.807) is 0 Å². The first-order chi connectivity index (χ1) is 9.20. The smallest absolute Gasteiger partial charge is 0.135 e. The molecule has 0 saturated carbocycles. The predicted molar refractivity (Wildman–Crippen MR) is 78.4 cm³/mol. The summed E-state index contributed by atoms with van der Waals surface area (Å²) >= 11 is 0. The number of rotatable bonds is 14. The highest BCUT2D eigenvalue weighted by atomic mass is 16.5. The van der Waals surface area contributed by atoms with Crippen LogP contribution >= 0.6 is 0 Å². The van der Waals surface area contributed by atoms with Gasteiger partial charge in [0.15, 0.2) is 0 Å². The van der Waals surface area contributed by atoms with Crippen LogP contribution in [0.2, 0.25) is 0 Å². The molecule has 0 aliphatic heterocycles. The molecule has 0 bridgehead atoms. The topological polar surface area (TPSA) is 43.4 Å². The SMILES string of the molecule is CCCCCC(=O)CCOCCC(=O)CCCCC. The van der Waals surface area contributed by atoms with Gasteiger partial charge in [0.2, 0.25) is 0 Å². The molecule has 0 rings (SSSR count). The summed E-state index contributed by atoms with van der Waals surface area (Å²) in [6.45, 7) is 5.19. The Labute approximate surface area is 118 Å². The van der Waals surface area contributed by atoms with Crippen molar-refractivity contribution in [1.29, 1.82) is 0 Å². The van der Waals surface area contributed by atoms with Gasteiger partial charge in [-0.1, -0.05) is 39.5 Å². The van der Waals surface area contributed by atoms with Gasteiger partial charge in [-0.15, -0.1) is 0 Å². The first-order valence-electron chi connectivity index (χ1n) is 7.81. The molecular formula is C16H30O3. The zero-order valence-electron chi connectivity index (χ0n) is 12.7. The Kier molecular flexibility index (Phi) is 13.2. The molecule has 0 radical (unpaired) electrons. The third-order valence-electron chi connectivity index (χ3n) is 3.17. The summed E-state index contributed by atoms with van der Waals surface area (Å²) < 4.78 is 5.35. The Morgan fingerprint density at radius 1 is 0.684 bits per heavy atom. The van der Waals surface area contributed by atoms with Crippen LogP contribution in [-0.2, 0) is 14.3 Å². The highest BCUT2D eigenvalue weighted by Gasteiger charge is 2.03. The standard InChI is InChI=1S/C16H30O3/c1-3-5-7-9-15(17)11-13-19-14-12-16(18)10-8-6-4-2/h3-14H2,1-2H3. The zero-order chi connectivity index (χ0) is 14.3. The van der Waals surface area contributed by atoms with Crippen molar-refractivity contribution in [3.8, 4) is 0 Å². The minimum absolute atomic E-state index is 0.280. The van der Waals surface area contributed by atoms with Gasteiger partial charge in [0.1, 0.15) is 11.6 Å². The molecule has 0 aromatic rings.